The first-order chi connectivity index (χ1) is 24.6. The number of methoxy groups -OCH3 is 2. The summed E-state index contributed by atoms with van der Waals surface area (Å²) in [4.78, 5) is 26.9. The highest BCUT2D eigenvalue weighted by atomic mass is 31.2. The second-order valence-corrected chi connectivity index (χ2v) is 14.2. The van der Waals surface area contributed by atoms with Gasteiger partial charge in [0.25, 0.3) is 8.53 Å². The van der Waals surface area contributed by atoms with Crippen molar-refractivity contribution < 1.29 is 37.6 Å². The van der Waals surface area contributed by atoms with E-state index in [4.69, 9.17) is 28.0 Å². The van der Waals surface area contributed by atoms with Gasteiger partial charge in [0.05, 0.1) is 39.9 Å². The highest BCUT2D eigenvalue weighted by Gasteiger charge is 2.52. The van der Waals surface area contributed by atoms with Crippen LogP contribution >= 0.6 is 8.53 Å². The smallest absolute Gasteiger partial charge is 0.326 e. The predicted octanol–water partition coefficient (Wildman–Crippen LogP) is 6.34. The molecule has 1 unspecified atom stereocenters. The Morgan fingerprint density at radius 1 is 0.922 bits per heavy atom. The third kappa shape index (κ3) is 8.53. The molecule has 2 aliphatic rings. The van der Waals surface area contributed by atoms with Gasteiger partial charge in [0.2, 0.25) is 5.91 Å². The van der Waals surface area contributed by atoms with E-state index in [1.807, 2.05) is 78.9 Å². The first-order valence-electron chi connectivity index (χ1n) is 17.1. The highest BCUT2D eigenvalue weighted by molar-refractivity contribution is 7.44. The number of nitrogens with one attached hydrogen (secondary N) is 1. The van der Waals surface area contributed by atoms with Crippen molar-refractivity contribution in [2.45, 2.75) is 76.7 Å². The van der Waals surface area contributed by atoms with Crippen molar-refractivity contribution in [2.75, 3.05) is 34.0 Å². The predicted molar refractivity (Wildman–Crippen MR) is 192 cm³/mol. The maximum atomic E-state index is 13.3. The van der Waals surface area contributed by atoms with Crippen molar-refractivity contribution in [3.63, 3.8) is 0 Å². The summed E-state index contributed by atoms with van der Waals surface area (Å²) >= 11 is 0. The van der Waals surface area contributed by atoms with Crippen LogP contribution in [0.2, 0.25) is 0 Å². The Morgan fingerprint density at radius 2 is 1.49 bits per heavy atom. The lowest BCUT2D eigenvalue weighted by Gasteiger charge is -2.42. The summed E-state index contributed by atoms with van der Waals surface area (Å²) < 4.78 is 40.3. The average molecular weight is 719 g/mol. The van der Waals surface area contributed by atoms with Gasteiger partial charge in [-0.3, -0.25) is 15.0 Å². The molecular formula is C38H47N4O8P. The van der Waals surface area contributed by atoms with Crippen molar-refractivity contribution in [1.29, 1.82) is 5.26 Å². The Balaban J connectivity index is 1.66. The third-order valence-electron chi connectivity index (χ3n) is 8.85. The van der Waals surface area contributed by atoms with E-state index in [9.17, 15) is 14.9 Å². The van der Waals surface area contributed by atoms with E-state index in [0.29, 0.717) is 11.5 Å². The fourth-order valence-electron chi connectivity index (χ4n) is 6.53. The van der Waals surface area contributed by atoms with Crippen molar-refractivity contribution in [2.24, 2.45) is 0 Å². The fourth-order valence-corrected chi connectivity index (χ4v) is 8.28. The van der Waals surface area contributed by atoms with E-state index in [0.717, 1.165) is 16.7 Å². The number of amides is 3. The molecule has 3 amide bonds. The number of benzene rings is 3. The number of urea groups is 1. The van der Waals surface area contributed by atoms with E-state index in [2.05, 4.69) is 43.8 Å². The lowest BCUT2D eigenvalue weighted by atomic mass is 9.79. The summed E-state index contributed by atoms with van der Waals surface area (Å²) in [5.41, 5.74) is 1.29. The van der Waals surface area contributed by atoms with Crippen LogP contribution in [0.4, 0.5) is 4.79 Å². The number of rotatable bonds is 16. The number of nitrogens with zero attached hydrogens (tertiary/aromatic N) is 3. The van der Waals surface area contributed by atoms with Gasteiger partial charge in [-0.15, -0.1) is 0 Å². The molecule has 4 atom stereocenters. The van der Waals surface area contributed by atoms with E-state index in [1.54, 1.807) is 14.2 Å². The van der Waals surface area contributed by atoms with Crippen LogP contribution in [0.3, 0.4) is 0 Å². The van der Waals surface area contributed by atoms with Crippen LogP contribution in [0.5, 0.6) is 11.5 Å². The summed E-state index contributed by atoms with van der Waals surface area (Å²) in [6.07, 6.45) is -2.23. The maximum absolute atomic E-state index is 13.3. The molecule has 51 heavy (non-hydrogen) atoms. The van der Waals surface area contributed by atoms with E-state index in [1.165, 1.54) is 4.90 Å². The average Bonchev–Trinajstić information content (AvgIpc) is 3.51. The van der Waals surface area contributed by atoms with Gasteiger partial charge in [0.1, 0.15) is 29.3 Å². The van der Waals surface area contributed by atoms with Crippen molar-refractivity contribution in [3.05, 3.63) is 95.6 Å². The minimum absolute atomic E-state index is 0.0243. The molecule has 0 aromatic heterocycles. The van der Waals surface area contributed by atoms with Crippen molar-refractivity contribution >= 4 is 20.5 Å². The summed E-state index contributed by atoms with van der Waals surface area (Å²) in [7, 11) is 1.47. The minimum atomic E-state index is -1.78. The Morgan fingerprint density at radius 3 is 2.00 bits per heavy atom. The van der Waals surface area contributed by atoms with E-state index < -0.39 is 38.6 Å². The molecule has 0 radical (unpaired) electrons. The summed E-state index contributed by atoms with van der Waals surface area (Å²) in [5, 5.41) is 11.8. The first-order valence-corrected chi connectivity index (χ1v) is 18.2. The van der Waals surface area contributed by atoms with Gasteiger partial charge in [-0.25, -0.2) is 9.46 Å². The molecular weight excluding hydrogens is 671 g/mol. The zero-order chi connectivity index (χ0) is 36.5. The summed E-state index contributed by atoms with van der Waals surface area (Å²) in [6.45, 7) is 8.60. The van der Waals surface area contributed by atoms with Crippen molar-refractivity contribution in [1.82, 2.24) is 14.9 Å². The van der Waals surface area contributed by atoms with Crippen LogP contribution in [-0.2, 0) is 28.9 Å². The molecule has 12 nitrogen and oxygen atoms in total. The quantitative estimate of drug-likeness (QED) is 0.102. The Labute approximate surface area is 301 Å². The van der Waals surface area contributed by atoms with Gasteiger partial charge in [-0.2, -0.15) is 5.26 Å². The lowest BCUT2D eigenvalue weighted by Crippen LogP contribution is -2.57. The van der Waals surface area contributed by atoms with Gasteiger partial charge >= 0.3 is 6.03 Å². The number of carbonyl (C=O) groups excluding carboxylic acids is 2. The second kappa shape index (κ2) is 17.4. The van der Waals surface area contributed by atoms with Crippen LogP contribution in [0.25, 0.3) is 0 Å². The largest absolute Gasteiger partial charge is 0.497 e. The monoisotopic (exact) mass is 718 g/mol. The molecule has 272 valence electrons. The number of hydrogen-bond donors (Lipinski definition) is 1. The number of nitriles is 1. The molecule has 2 heterocycles. The van der Waals surface area contributed by atoms with Gasteiger partial charge in [0, 0.05) is 25.0 Å². The molecule has 0 aliphatic carbocycles. The van der Waals surface area contributed by atoms with Crippen LogP contribution in [0.15, 0.2) is 78.9 Å². The maximum Gasteiger partial charge on any atom is 0.326 e. The number of hydrogen-bond acceptors (Lipinski definition) is 10. The van der Waals surface area contributed by atoms with Crippen LogP contribution in [0, 0.1) is 11.3 Å². The van der Waals surface area contributed by atoms with Crippen LogP contribution in [0.1, 0.15) is 57.2 Å². The molecule has 13 heteroatoms. The molecule has 2 fully saturated rings. The first kappa shape index (κ1) is 38.2. The minimum Gasteiger partial charge on any atom is -0.497 e. The Hall–Kier alpha value is -4.08. The zero-order valence-corrected chi connectivity index (χ0v) is 30.9. The highest BCUT2D eigenvalue weighted by Crippen LogP contribution is 2.51. The standard InChI is InChI=1S/C38H47N4O8P/c1-26(2)42(27(3)4)51(48-24-10-22-39)50-35-33(25-47-36(35)41-23-21-34(43)40-37(41)44)49-38(28-11-8-7-9-12-28,29-13-17-31(45-5)18-14-29)30-15-19-32(46-6)20-16-30/h7-9,11-20,26-27,33,35-36H,10,21,23-25H2,1-6H3,(H,40,43,44)/t33-,35+,36+,51?/m0/s1. The third-order valence-corrected chi connectivity index (χ3v) is 11.0. The molecule has 5 rings (SSSR count). The van der Waals surface area contributed by atoms with Gasteiger partial charge in [-0.1, -0.05) is 54.6 Å². The second-order valence-electron chi connectivity index (χ2n) is 12.8. The molecule has 0 bridgehead atoms. The molecule has 0 spiro atoms. The van der Waals surface area contributed by atoms with Gasteiger partial charge in [0.15, 0.2) is 6.23 Å². The van der Waals surface area contributed by atoms with Crippen LogP contribution in [-0.4, -0.2) is 86.0 Å². The molecule has 0 saturated carbocycles. The van der Waals surface area contributed by atoms with E-state index >= 15 is 0 Å². The normalized spacial score (nSPS) is 20.1. The number of ether oxygens (including phenoxy) is 4. The molecule has 2 aliphatic heterocycles. The number of imide groups is 1. The molecule has 2 saturated heterocycles. The molecule has 3 aromatic rings. The number of carbonyl (C=O) groups is 2. The lowest BCUT2D eigenvalue weighted by molar-refractivity contribution is -0.124. The van der Waals surface area contributed by atoms with Gasteiger partial charge < -0.3 is 28.0 Å². The van der Waals surface area contributed by atoms with Crippen molar-refractivity contribution in [3.8, 4) is 17.6 Å². The van der Waals surface area contributed by atoms with Crippen LogP contribution < -0.4 is 14.8 Å². The topological polar surface area (TPSA) is 132 Å². The SMILES string of the molecule is COc1ccc(C(O[C@H]2CO[C@@H](N3CCC(=O)NC3=O)[C@@H]2OP(OCCC#N)N(C(C)C)C(C)C)(c2ccccc2)c2ccc(OC)cc2)cc1. The Kier molecular flexibility index (Phi) is 13.0. The fraction of sp³-hybridized carbons (Fsp3) is 0.447. The molecule has 3 aromatic carbocycles. The van der Waals surface area contributed by atoms with E-state index in [-0.39, 0.29) is 50.6 Å². The zero-order valence-electron chi connectivity index (χ0n) is 30.0. The summed E-state index contributed by atoms with van der Waals surface area (Å²) in [5.74, 6) is 1.03. The van der Waals surface area contributed by atoms with Gasteiger partial charge in [-0.05, 0) is 68.7 Å². The Bertz CT molecular complexity index is 1580. The molecule has 1 N–H and O–H groups in total. The summed E-state index contributed by atoms with van der Waals surface area (Å²) in [6, 6.07) is 27.0.